The zero-order valence-corrected chi connectivity index (χ0v) is 12.2. The molecule has 3 rings (SSSR count). The molecule has 2 heterocycles. The van der Waals surface area contributed by atoms with Crippen LogP contribution >= 0.6 is 22.6 Å². The van der Waals surface area contributed by atoms with Gasteiger partial charge < -0.3 is 10.5 Å². The van der Waals surface area contributed by atoms with Crippen LogP contribution in [0.2, 0.25) is 0 Å². The molecule has 5 heteroatoms. The maximum Gasteiger partial charge on any atom is 0.242 e. The molecule has 4 nitrogen and oxygen atoms in total. The summed E-state index contributed by atoms with van der Waals surface area (Å²) >= 11 is 2.25. The molecule has 0 aliphatic carbocycles. The molecule has 2 N–H and O–H groups in total. The number of hydrogen-bond acceptors (Lipinski definition) is 3. The number of nitrogens with zero attached hydrogens (tertiary/aromatic N) is 2. The Morgan fingerprint density at radius 3 is 2.89 bits per heavy atom. The van der Waals surface area contributed by atoms with E-state index in [1.54, 1.807) is 0 Å². The van der Waals surface area contributed by atoms with Gasteiger partial charge in [0.1, 0.15) is 17.1 Å². The van der Waals surface area contributed by atoms with Crippen molar-refractivity contribution in [1.82, 2.24) is 9.38 Å². The molecule has 0 saturated carbocycles. The summed E-state index contributed by atoms with van der Waals surface area (Å²) < 4.78 is 8.92. The second-order valence-electron chi connectivity index (χ2n) is 4.06. The maximum atomic E-state index is 5.85. The molecule has 2 aromatic heterocycles. The summed E-state index contributed by atoms with van der Waals surface area (Å²) in [4.78, 5) is 4.47. The number of rotatable bonds is 3. The number of halogens is 1. The van der Waals surface area contributed by atoms with Crippen molar-refractivity contribution in [3.05, 3.63) is 57.9 Å². The van der Waals surface area contributed by atoms with Crippen LogP contribution in [0, 0.1) is 3.57 Å². The molecule has 0 unspecified atom stereocenters. The first-order valence-corrected chi connectivity index (χ1v) is 6.95. The van der Waals surface area contributed by atoms with Crippen LogP contribution in [-0.4, -0.2) is 9.38 Å². The van der Waals surface area contributed by atoms with Gasteiger partial charge in [-0.05, 0) is 52.9 Å². The van der Waals surface area contributed by atoms with Crippen LogP contribution in [0.15, 0.2) is 48.7 Å². The Hall–Kier alpha value is -1.60. The zero-order valence-electron chi connectivity index (χ0n) is 10.1. The van der Waals surface area contributed by atoms with Crippen LogP contribution in [-0.2, 0) is 6.54 Å². The summed E-state index contributed by atoms with van der Waals surface area (Å²) in [5.74, 6) is 1.33. The van der Waals surface area contributed by atoms with Crippen molar-refractivity contribution in [3.8, 4) is 11.6 Å². The Bertz CT molecular complexity index is 724. The van der Waals surface area contributed by atoms with Gasteiger partial charge >= 0.3 is 0 Å². The van der Waals surface area contributed by atoms with Crippen LogP contribution in [0.25, 0.3) is 5.65 Å². The molecule has 0 spiro atoms. The van der Waals surface area contributed by atoms with Gasteiger partial charge in [0.2, 0.25) is 5.88 Å². The predicted octanol–water partition coefficient (Wildman–Crippen LogP) is 3.19. The molecular weight excluding hydrogens is 353 g/mol. The van der Waals surface area contributed by atoms with E-state index in [-0.39, 0.29) is 0 Å². The topological polar surface area (TPSA) is 52.5 Å². The van der Waals surface area contributed by atoms with Crippen molar-refractivity contribution in [3.63, 3.8) is 0 Å². The van der Waals surface area contributed by atoms with E-state index in [0.29, 0.717) is 12.4 Å². The van der Waals surface area contributed by atoms with Crippen molar-refractivity contribution >= 4 is 28.2 Å². The van der Waals surface area contributed by atoms with E-state index in [4.69, 9.17) is 10.5 Å². The van der Waals surface area contributed by atoms with Crippen LogP contribution in [0.3, 0.4) is 0 Å². The molecular formula is C14H12IN3O. The largest absolute Gasteiger partial charge is 0.437 e. The second-order valence-corrected chi connectivity index (χ2v) is 5.30. The van der Waals surface area contributed by atoms with Gasteiger partial charge in [-0.3, -0.25) is 4.40 Å². The summed E-state index contributed by atoms with van der Waals surface area (Å²) in [6, 6.07) is 13.7. The van der Waals surface area contributed by atoms with E-state index in [9.17, 15) is 0 Å². The first-order valence-electron chi connectivity index (χ1n) is 5.87. The molecule has 0 aliphatic rings. The molecule has 1 aromatic carbocycles. The summed E-state index contributed by atoms with van der Waals surface area (Å²) in [6.07, 6.45) is 1.94. The number of fused-ring (bicyclic) bond motifs is 1. The van der Waals surface area contributed by atoms with E-state index >= 15 is 0 Å². The SMILES string of the molecule is NCc1c(Oc2cccc(I)c2)nc2ccccn12. The lowest BCUT2D eigenvalue weighted by Gasteiger charge is -2.05. The predicted molar refractivity (Wildman–Crippen MR) is 82.3 cm³/mol. The van der Waals surface area contributed by atoms with Gasteiger partial charge in [0.15, 0.2) is 0 Å². The Kier molecular flexibility index (Phi) is 3.39. The van der Waals surface area contributed by atoms with E-state index in [1.165, 1.54) is 0 Å². The standard InChI is InChI=1S/C14H12IN3O/c15-10-4-3-5-11(8-10)19-14-12(9-16)18-7-2-1-6-13(18)17-14/h1-8H,9,16H2. The number of aromatic nitrogens is 2. The first kappa shape index (κ1) is 12.4. The Morgan fingerprint density at radius 1 is 1.21 bits per heavy atom. The lowest BCUT2D eigenvalue weighted by Crippen LogP contribution is -2.02. The Labute approximate surface area is 124 Å². The number of pyridine rings is 1. The lowest BCUT2D eigenvalue weighted by molar-refractivity contribution is 0.459. The summed E-state index contributed by atoms with van der Waals surface area (Å²) in [5.41, 5.74) is 7.51. The quantitative estimate of drug-likeness (QED) is 0.726. The maximum absolute atomic E-state index is 5.85. The van der Waals surface area contributed by atoms with Crippen molar-refractivity contribution in [1.29, 1.82) is 0 Å². The van der Waals surface area contributed by atoms with Gasteiger partial charge in [0.05, 0.1) is 0 Å². The average molecular weight is 365 g/mol. The van der Waals surface area contributed by atoms with E-state index in [2.05, 4.69) is 27.6 Å². The van der Waals surface area contributed by atoms with Gasteiger partial charge in [-0.2, -0.15) is 4.98 Å². The number of imidazole rings is 1. The number of hydrogen-bond donors (Lipinski definition) is 1. The van der Waals surface area contributed by atoms with Crippen molar-refractivity contribution in [2.24, 2.45) is 5.73 Å². The van der Waals surface area contributed by atoms with Crippen molar-refractivity contribution < 1.29 is 4.74 Å². The third kappa shape index (κ3) is 2.43. The molecule has 0 saturated heterocycles. The van der Waals surface area contributed by atoms with E-state index < -0.39 is 0 Å². The Morgan fingerprint density at radius 2 is 2.11 bits per heavy atom. The minimum atomic E-state index is 0.379. The van der Waals surface area contributed by atoms with Gasteiger partial charge in [0.25, 0.3) is 0 Å². The molecule has 0 radical (unpaired) electrons. The Balaban J connectivity index is 2.05. The van der Waals surface area contributed by atoms with Crippen LogP contribution in [0.4, 0.5) is 0 Å². The summed E-state index contributed by atoms with van der Waals surface area (Å²) in [7, 11) is 0. The van der Waals surface area contributed by atoms with E-state index in [1.807, 2.05) is 53.1 Å². The minimum Gasteiger partial charge on any atom is -0.437 e. The second kappa shape index (κ2) is 5.18. The normalized spacial score (nSPS) is 10.8. The molecule has 0 fully saturated rings. The number of nitrogens with two attached hydrogens (primary N) is 1. The average Bonchev–Trinajstić information content (AvgIpc) is 2.75. The fraction of sp³-hybridized carbons (Fsp3) is 0.0714. The zero-order chi connectivity index (χ0) is 13.2. The van der Waals surface area contributed by atoms with Gasteiger partial charge in [-0.1, -0.05) is 12.1 Å². The van der Waals surface area contributed by atoms with Crippen molar-refractivity contribution in [2.75, 3.05) is 0 Å². The fourth-order valence-electron chi connectivity index (χ4n) is 1.93. The molecule has 0 atom stereocenters. The smallest absolute Gasteiger partial charge is 0.242 e. The molecule has 19 heavy (non-hydrogen) atoms. The third-order valence-electron chi connectivity index (χ3n) is 2.80. The highest BCUT2D eigenvalue weighted by atomic mass is 127. The number of ether oxygens (including phenoxy) is 1. The van der Waals surface area contributed by atoms with Gasteiger partial charge in [0, 0.05) is 16.3 Å². The van der Waals surface area contributed by atoms with Gasteiger partial charge in [-0.15, -0.1) is 0 Å². The number of benzene rings is 1. The molecule has 96 valence electrons. The highest BCUT2D eigenvalue weighted by molar-refractivity contribution is 14.1. The highest BCUT2D eigenvalue weighted by Crippen LogP contribution is 2.26. The summed E-state index contributed by atoms with van der Waals surface area (Å²) in [5, 5.41) is 0. The third-order valence-corrected chi connectivity index (χ3v) is 3.47. The molecule has 0 aliphatic heterocycles. The van der Waals surface area contributed by atoms with E-state index in [0.717, 1.165) is 20.7 Å². The minimum absolute atomic E-state index is 0.379. The van der Waals surface area contributed by atoms with Crippen molar-refractivity contribution in [2.45, 2.75) is 6.54 Å². The lowest BCUT2D eigenvalue weighted by atomic mass is 10.3. The highest BCUT2D eigenvalue weighted by Gasteiger charge is 2.12. The van der Waals surface area contributed by atoms with Crippen LogP contribution in [0.5, 0.6) is 11.6 Å². The first-order chi connectivity index (χ1) is 9.28. The van der Waals surface area contributed by atoms with Crippen LogP contribution in [0.1, 0.15) is 5.69 Å². The fourth-order valence-corrected chi connectivity index (χ4v) is 2.45. The van der Waals surface area contributed by atoms with Crippen LogP contribution < -0.4 is 10.5 Å². The molecule has 0 bridgehead atoms. The molecule has 3 aromatic rings. The van der Waals surface area contributed by atoms with Gasteiger partial charge in [-0.25, -0.2) is 0 Å². The molecule has 0 amide bonds. The monoisotopic (exact) mass is 365 g/mol. The summed E-state index contributed by atoms with van der Waals surface area (Å²) in [6.45, 7) is 0.379.